The van der Waals surface area contributed by atoms with Crippen molar-refractivity contribution in [2.24, 2.45) is 0 Å². The maximum atomic E-state index is 12.5. The van der Waals surface area contributed by atoms with E-state index in [9.17, 15) is 4.79 Å². The summed E-state index contributed by atoms with van der Waals surface area (Å²) in [5, 5.41) is 7.35. The number of anilines is 2. The number of nitrogens with one attached hydrogen (secondary N) is 2. The molecule has 2 rings (SSSR count). The number of halogens is 2. The summed E-state index contributed by atoms with van der Waals surface area (Å²) in [6.07, 6.45) is 0.917. The molecule has 6 heteroatoms. The van der Waals surface area contributed by atoms with Crippen LogP contribution in [0.4, 0.5) is 11.4 Å². The monoisotopic (exact) mass is 393 g/mol. The molecule has 0 saturated heterocycles. The van der Waals surface area contributed by atoms with Gasteiger partial charge in [0.1, 0.15) is 0 Å². The molecular weight excluding hydrogens is 369 g/mol. The average Bonchev–Trinajstić information content (AvgIpc) is 2.61. The van der Waals surface area contributed by atoms with Crippen LogP contribution in [0.2, 0.25) is 10.0 Å². The Kier molecular flexibility index (Phi) is 7.76. The number of rotatable bonds is 8. The molecule has 0 aliphatic carbocycles. The van der Waals surface area contributed by atoms with Crippen molar-refractivity contribution >= 4 is 40.5 Å². The molecule has 4 nitrogen and oxygen atoms in total. The number of para-hydroxylation sites is 2. The zero-order valence-corrected chi connectivity index (χ0v) is 16.9. The van der Waals surface area contributed by atoms with Gasteiger partial charge in [0.25, 0.3) is 0 Å². The Morgan fingerprint density at radius 2 is 1.73 bits per heavy atom. The lowest BCUT2D eigenvalue weighted by molar-refractivity contribution is -0.122. The fourth-order valence-corrected chi connectivity index (χ4v) is 3.13. The molecule has 0 saturated carbocycles. The second-order valence-electron chi connectivity index (χ2n) is 6.48. The van der Waals surface area contributed by atoms with Crippen LogP contribution in [0, 0.1) is 0 Å². The van der Waals surface area contributed by atoms with Crippen molar-refractivity contribution in [3.63, 3.8) is 0 Å². The lowest BCUT2D eigenvalue weighted by Gasteiger charge is -2.19. The van der Waals surface area contributed by atoms with Crippen LogP contribution in [0.5, 0.6) is 0 Å². The van der Waals surface area contributed by atoms with Gasteiger partial charge in [-0.1, -0.05) is 47.5 Å². The quantitative estimate of drug-likeness (QED) is 0.626. The lowest BCUT2D eigenvalue weighted by atomic mass is 9.98. The van der Waals surface area contributed by atoms with Crippen LogP contribution in [0.1, 0.15) is 24.8 Å². The number of amides is 1. The summed E-state index contributed by atoms with van der Waals surface area (Å²) in [5.74, 6) is -0.289. The Bertz CT molecular complexity index is 729. The first kappa shape index (κ1) is 20.6. The zero-order chi connectivity index (χ0) is 19.1. The van der Waals surface area contributed by atoms with Gasteiger partial charge in [0.05, 0.1) is 21.7 Å². The van der Waals surface area contributed by atoms with Crippen molar-refractivity contribution in [2.45, 2.75) is 19.3 Å². The molecule has 0 spiro atoms. The van der Waals surface area contributed by atoms with Gasteiger partial charge in [-0.3, -0.25) is 4.79 Å². The first-order chi connectivity index (χ1) is 12.4. The third-order valence-corrected chi connectivity index (χ3v) is 4.75. The van der Waals surface area contributed by atoms with Gasteiger partial charge in [-0.2, -0.15) is 0 Å². The normalized spacial score (nSPS) is 12.1. The Morgan fingerprint density at radius 3 is 2.38 bits per heavy atom. The summed E-state index contributed by atoms with van der Waals surface area (Å²) >= 11 is 12.5. The summed E-state index contributed by atoms with van der Waals surface area (Å²) in [6, 6.07) is 13.1. The number of nitrogens with zero attached hydrogens (tertiary/aromatic N) is 1. The first-order valence-corrected chi connectivity index (χ1v) is 9.38. The van der Waals surface area contributed by atoms with E-state index in [0.29, 0.717) is 22.3 Å². The molecule has 26 heavy (non-hydrogen) atoms. The van der Waals surface area contributed by atoms with E-state index in [-0.39, 0.29) is 11.8 Å². The van der Waals surface area contributed by atoms with Crippen molar-refractivity contribution in [3.05, 3.63) is 58.1 Å². The highest BCUT2D eigenvalue weighted by Crippen LogP contribution is 2.35. The van der Waals surface area contributed by atoms with E-state index in [1.807, 2.05) is 45.3 Å². The van der Waals surface area contributed by atoms with E-state index in [2.05, 4.69) is 15.5 Å². The fourth-order valence-electron chi connectivity index (χ4n) is 2.64. The zero-order valence-electron chi connectivity index (χ0n) is 15.4. The SMILES string of the molecule is C[C@@H](C(=O)NCCCN(C)C)c1ccccc1Nc1c(Cl)cccc1Cl. The van der Waals surface area contributed by atoms with Gasteiger partial charge >= 0.3 is 0 Å². The predicted molar refractivity (Wildman–Crippen MR) is 111 cm³/mol. The number of hydrogen-bond acceptors (Lipinski definition) is 3. The second kappa shape index (κ2) is 9.81. The Balaban J connectivity index is 2.11. The van der Waals surface area contributed by atoms with Crippen LogP contribution in [-0.2, 0) is 4.79 Å². The highest BCUT2D eigenvalue weighted by atomic mass is 35.5. The number of carbonyl (C=O) groups excluding carboxylic acids is 1. The van der Waals surface area contributed by atoms with Gasteiger partial charge in [-0.05, 0) is 57.7 Å². The maximum absolute atomic E-state index is 12.5. The molecule has 0 aliphatic rings. The van der Waals surface area contributed by atoms with Crippen molar-refractivity contribution in [1.29, 1.82) is 0 Å². The molecule has 0 heterocycles. The van der Waals surface area contributed by atoms with Crippen LogP contribution in [0.3, 0.4) is 0 Å². The minimum atomic E-state index is -0.292. The van der Waals surface area contributed by atoms with E-state index in [0.717, 1.165) is 24.2 Å². The molecule has 140 valence electrons. The maximum Gasteiger partial charge on any atom is 0.227 e. The highest BCUT2D eigenvalue weighted by molar-refractivity contribution is 6.39. The molecule has 0 aliphatic heterocycles. The van der Waals surface area contributed by atoms with E-state index in [1.165, 1.54) is 0 Å². The molecule has 0 bridgehead atoms. The van der Waals surface area contributed by atoms with Crippen molar-refractivity contribution in [3.8, 4) is 0 Å². The largest absolute Gasteiger partial charge is 0.356 e. The summed E-state index contributed by atoms with van der Waals surface area (Å²) < 4.78 is 0. The summed E-state index contributed by atoms with van der Waals surface area (Å²) in [5.41, 5.74) is 2.36. The van der Waals surface area contributed by atoms with Crippen LogP contribution >= 0.6 is 23.2 Å². The van der Waals surface area contributed by atoms with E-state index in [1.54, 1.807) is 18.2 Å². The first-order valence-electron chi connectivity index (χ1n) is 8.62. The predicted octanol–water partition coefficient (Wildman–Crippen LogP) is 4.91. The molecule has 0 unspecified atom stereocenters. The van der Waals surface area contributed by atoms with E-state index in [4.69, 9.17) is 23.2 Å². The minimum absolute atomic E-state index is 0.00302. The molecular formula is C20H25Cl2N3O. The summed E-state index contributed by atoms with van der Waals surface area (Å²) in [4.78, 5) is 14.6. The summed E-state index contributed by atoms with van der Waals surface area (Å²) in [7, 11) is 4.04. The van der Waals surface area contributed by atoms with E-state index < -0.39 is 0 Å². The Morgan fingerprint density at radius 1 is 1.08 bits per heavy atom. The molecule has 0 fully saturated rings. The van der Waals surface area contributed by atoms with Gasteiger partial charge in [-0.15, -0.1) is 0 Å². The average molecular weight is 394 g/mol. The number of hydrogen-bond donors (Lipinski definition) is 2. The Labute approximate surface area is 165 Å². The van der Waals surface area contributed by atoms with Crippen molar-refractivity contribution in [1.82, 2.24) is 10.2 Å². The van der Waals surface area contributed by atoms with Crippen molar-refractivity contribution < 1.29 is 4.79 Å². The molecule has 1 amide bonds. The van der Waals surface area contributed by atoms with Crippen LogP contribution in [0.25, 0.3) is 0 Å². The van der Waals surface area contributed by atoms with Gasteiger partial charge in [0.15, 0.2) is 0 Å². The molecule has 1 atom stereocenters. The van der Waals surface area contributed by atoms with E-state index >= 15 is 0 Å². The molecule has 0 aromatic heterocycles. The number of benzene rings is 2. The third-order valence-electron chi connectivity index (χ3n) is 4.12. The Hall–Kier alpha value is -1.75. The van der Waals surface area contributed by atoms with Crippen LogP contribution < -0.4 is 10.6 Å². The topological polar surface area (TPSA) is 44.4 Å². The molecule has 2 aromatic rings. The lowest BCUT2D eigenvalue weighted by Crippen LogP contribution is -2.30. The molecule has 0 radical (unpaired) electrons. The molecule has 2 aromatic carbocycles. The smallest absolute Gasteiger partial charge is 0.227 e. The van der Waals surface area contributed by atoms with Crippen molar-refractivity contribution in [2.75, 3.05) is 32.5 Å². The number of carbonyl (C=O) groups is 1. The second-order valence-corrected chi connectivity index (χ2v) is 7.29. The highest BCUT2D eigenvalue weighted by Gasteiger charge is 2.19. The third kappa shape index (κ3) is 5.63. The fraction of sp³-hybridized carbons (Fsp3) is 0.350. The van der Waals surface area contributed by atoms with Crippen LogP contribution in [0.15, 0.2) is 42.5 Å². The van der Waals surface area contributed by atoms with Gasteiger partial charge in [0, 0.05) is 12.2 Å². The minimum Gasteiger partial charge on any atom is -0.356 e. The van der Waals surface area contributed by atoms with Crippen LogP contribution in [-0.4, -0.2) is 38.0 Å². The summed E-state index contributed by atoms with van der Waals surface area (Å²) in [6.45, 7) is 3.50. The molecule has 2 N–H and O–H groups in total. The van der Waals surface area contributed by atoms with Gasteiger partial charge < -0.3 is 15.5 Å². The van der Waals surface area contributed by atoms with Gasteiger partial charge in [-0.25, -0.2) is 0 Å². The standard InChI is InChI=1S/C20H25Cl2N3O/c1-14(20(26)23-12-7-13-25(2)3)15-8-4-5-11-18(15)24-19-16(21)9-6-10-17(19)22/h4-6,8-11,14,24H,7,12-13H2,1-3H3,(H,23,26)/t14-/m1/s1. The van der Waals surface area contributed by atoms with Gasteiger partial charge in [0.2, 0.25) is 5.91 Å².